The van der Waals surface area contributed by atoms with Crippen LogP contribution >= 0.6 is 0 Å². The highest BCUT2D eigenvalue weighted by Gasteiger charge is 2.33. The third-order valence-electron chi connectivity index (χ3n) is 5.69. The second kappa shape index (κ2) is 8.51. The van der Waals surface area contributed by atoms with Gasteiger partial charge in [0.25, 0.3) is 0 Å². The summed E-state index contributed by atoms with van der Waals surface area (Å²) in [6, 6.07) is 1.21. The number of nitrogens with two attached hydrogens (primary N) is 1. The molecular weight excluding hydrogens is 411 g/mol. The molecule has 0 atom stereocenters. The Balaban J connectivity index is 1.52. The van der Waals surface area contributed by atoms with E-state index < -0.39 is 12.1 Å². The predicted molar refractivity (Wildman–Crippen MR) is 110 cm³/mol. The van der Waals surface area contributed by atoms with Crippen molar-refractivity contribution < 1.29 is 23.0 Å². The SMILES string of the molecule is C=C(CCN1CCC(O)CC1)n1cc(-c2cnc(N)c(OC(F)(F)F)c2)nc1C1CC1. The number of nitrogens with zero attached hydrogens (tertiary/aromatic N) is 4. The van der Waals surface area contributed by atoms with Crippen molar-refractivity contribution in [3.63, 3.8) is 0 Å². The number of alkyl halides is 3. The van der Waals surface area contributed by atoms with Gasteiger partial charge in [0.2, 0.25) is 0 Å². The predicted octanol–water partition coefficient (Wildman–Crippen LogP) is 3.62. The molecule has 1 saturated heterocycles. The number of hydrogen-bond acceptors (Lipinski definition) is 6. The normalized spacial score (nSPS) is 18.3. The van der Waals surface area contributed by atoms with Crippen molar-refractivity contribution >= 4 is 11.5 Å². The number of nitrogen functional groups attached to an aromatic ring is 1. The van der Waals surface area contributed by atoms with Gasteiger partial charge in [-0.3, -0.25) is 0 Å². The maximum atomic E-state index is 12.6. The summed E-state index contributed by atoms with van der Waals surface area (Å²) in [5.74, 6) is 0.310. The Morgan fingerprint density at radius 3 is 2.61 bits per heavy atom. The fourth-order valence-corrected chi connectivity index (χ4v) is 3.77. The Morgan fingerprint density at radius 2 is 1.97 bits per heavy atom. The average Bonchev–Trinajstić information content (AvgIpc) is 3.46. The number of pyridine rings is 1. The third kappa shape index (κ3) is 5.37. The molecule has 3 N–H and O–H groups in total. The molecule has 31 heavy (non-hydrogen) atoms. The molecule has 168 valence electrons. The topological polar surface area (TPSA) is 89.4 Å². The summed E-state index contributed by atoms with van der Waals surface area (Å²) < 4.78 is 43.9. The number of hydrogen-bond donors (Lipinski definition) is 2. The minimum Gasteiger partial charge on any atom is -0.402 e. The third-order valence-corrected chi connectivity index (χ3v) is 5.69. The Labute approximate surface area is 178 Å². The van der Waals surface area contributed by atoms with Crippen LogP contribution in [0.5, 0.6) is 5.75 Å². The molecule has 2 aromatic rings. The number of imidazole rings is 1. The molecule has 7 nitrogen and oxygen atoms in total. The van der Waals surface area contributed by atoms with E-state index in [9.17, 15) is 18.3 Å². The van der Waals surface area contributed by atoms with Crippen molar-refractivity contribution in [2.45, 2.75) is 50.5 Å². The standard InChI is InChI=1S/C21H26F3N5O2/c1-13(4-7-28-8-5-16(30)6-9-28)29-12-17(27-20(29)14-2-3-14)15-10-18(19(25)26-11-15)31-21(22,23)24/h10-12,14,16,30H,1-9H2,(H2,25,26). The number of rotatable bonds is 7. The Hall–Kier alpha value is -2.59. The van der Waals surface area contributed by atoms with Gasteiger partial charge in [0.05, 0.1) is 11.8 Å². The van der Waals surface area contributed by atoms with E-state index in [0.29, 0.717) is 17.2 Å². The first kappa shape index (κ1) is 21.6. The fourth-order valence-electron chi connectivity index (χ4n) is 3.77. The van der Waals surface area contributed by atoms with Crippen molar-refractivity contribution in [2.24, 2.45) is 0 Å². The molecule has 0 unspecified atom stereocenters. The first-order valence-electron chi connectivity index (χ1n) is 10.4. The molecule has 1 aliphatic carbocycles. The molecule has 2 aliphatic rings. The fraction of sp³-hybridized carbons (Fsp3) is 0.524. The van der Waals surface area contributed by atoms with Gasteiger partial charge in [-0.05, 0) is 31.7 Å². The number of piperidine rings is 1. The Morgan fingerprint density at radius 1 is 1.26 bits per heavy atom. The lowest BCUT2D eigenvalue weighted by Gasteiger charge is -2.29. The summed E-state index contributed by atoms with van der Waals surface area (Å²) in [5, 5.41) is 9.66. The van der Waals surface area contributed by atoms with Crippen molar-refractivity contribution in [2.75, 3.05) is 25.4 Å². The van der Waals surface area contributed by atoms with Gasteiger partial charge in [-0.25, -0.2) is 9.97 Å². The maximum absolute atomic E-state index is 12.6. The van der Waals surface area contributed by atoms with Gasteiger partial charge in [-0.1, -0.05) is 6.58 Å². The lowest BCUT2D eigenvalue weighted by Crippen LogP contribution is -2.36. The highest BCUT2D eigenvalue weighted by Crippen LogP contribution is 2.42. The zero-order valence-corrected chi connectivity index (χ0v) is 17.1. The van der Waals surface area contributed by atoms with Crippen molar-refractivity contribution in [3.05, 3.63) is 30.9 Å². The largest absolute Gasteiger partial charge is 0.573 e. The number of ether oxygens (including phenoxy) is 1. The van der Waals surface area contributed by atoms with Gasteiger partial charge in [-0.15, -0.1) is 13.2 Å². The second-order valence-electron chi connectivity index (χ2n) is 8.17. The van der Waals surface area contributed by atoms with Crippen molar-refractivity contribution in [1.29, 1.82) is 0 Å². The molecule has 0 spiro atoms. The smallest absolute Gasteiger partial charge is 0.402 e. The summed E-state index contributed by atoms with van der Waals surface area (Å²) >= 11 is 0. The van der Waals surface area contributed by atoms with E-state index in [4.69, 9.17) is 5.73 Å². The van der Waals surface area contributed by atoms with Gasteiger partial charge in [-0.2, -0.15) is 0 Å². The van der Waals surface area contributed by atoms with E-state index in [0.717, 1.165) is 63.3 Å². The highest BCUT2D eigenvalue weighted by molar-refractivity contribution is 5.65. The molecule has 1 saturated carbocycles. The van der Waals surface area contributed by atoms with Crippen LogP contribution in [0.25, 0.3) is 17.0 Å². The highest BCUT2D eigenvalue weighted by atomic mass is 19.4. The first-order chi connectivity index (χ1) is 14.7. The molecule has 4 rings (SSSR count). The quantitative estimate of drug-likeness (QED) is 0.688. The summed E-state index contributed by atoms with van der Waals surface area (Å²) in [4.78, 5) is 10.8. The van der Waals surface area contributed by atoms with Crippen LogP contribution in [0.4, 0.5) is 19.0 Å². The van der Waals surface area contributed by atoms with Crippen LogP contribution in [0.3, 0.4) is 0 Å². The molecule has 2 aromatic heterocycles. The lowest BCUT2D eigenvalue weighted by atomic mass is 10.1. The van der Waals surface area contributed by atoms with Crippen LogP contribution in [-0.4, -0.2) is 56.6 Å². The summed E-state index contributed by atoms with van der Waals surface area (Å²) in [6.07, 6.45) is 2.45. The minimum absolute atomic E-state index is 0.211. The number of aromatic nitrogens is 3. The zero-order chi connectivity index (χ0) is 22.2. The molecular formula is C21H26F3N5O2. The van der Waals surface area contributed by atoms with Gasteiger partial charge >= 0.3 is 6.36 Å². The van der Waals surface area contributed by atoms with Gasteiger partial charge in [0.1, 0.15) is 5.82 Å². The number of aliphatic hydroxyl groups is 1. The van der Waals surface area contributed by atoms with E-state index in [2.05, 4.69) is 26.2 Å². The lowest BCUT2D eigenvalue weighted by molar-refractivity contribution is -0.274. The van der Waals surface area contributed by atoms with Crippen LogP contribution in [0, 0.1) is 0 Å². The van der Waals surface area contributed by atoms with Crippen LogP contribution < -0.4 is 10.5 Å². The van der Waals surface area contributed by atoms with E-state index >= 15 is 0 Å². The van der Waals surface area contributed by atoms with Crippen molar-refractivity contribution in [1.82, 2.24) is 19.4 Å². The molecule has 2 fully saturated rings. The molecule has 0 amide bonds. The van der Waals surface area contributed by atoms with E-state index in [1.54, 1.807) is 6.20 Å². The van der Waals surface area contributed by atoms with Crippen LogP contribution in [0.1, 0.15) is 43.8 Å². The van der Waals surface area contributed by atoms with Crippen LogP contribution in [0.15, 0.2) is 25.0 Å². The number of aliphatic hydroxyl groups excluding tert-OH is 1. The molecule has 0 radical (unpaired) electrons. The van der Waals surface area contributed by atoms with E-state index in [1.165, 1.54) is 12.3 Å². The molecule has 10 heteroatoms. The average molecular weight is 437 g/mol. The van der Waals surface area contributed by atoms with Crippen molar-refractivity contribution in [3.8, 4) is 17.0 Å². The number of anilines is 1. The summed E-state index contributed by atoms with van der Waals surface area (Å²) in [5.41, 5.74) is 7.31. The summed E-state index contributed by atoms with van der Waals surface area (Å²) in [7, 11) is 0. The van der Waals surface area contributed by atoms with Gasteiger partial charge in [0, 0.05) is 55.6 Å². The monoisotopic (exact) mass is 437 g/mol. The van der Waals surface area contributed by atoms with E-state index in [1.807, 2.05) is 4.57 Å². The van der Waals surface area contributed by atoms with E-state index in [-0.39, 0.29) is 11.9 Å². The van der Waals surface area contributed by atoms with Gasteiger partial charge < -0.3 is 25.0 Å². The number of halogens is 3. The Bertz CT molecular complexity index is 947. The Kier molecular flexibility index (Phi) is 5.94. The molecule has 3 heterocycles. The molecule has 0 aromatic carbocycles. The van der Waals surface area contributed by atoms with Crippen LogP contribution in [0.2, 0.25) is 0 Å². The minimum atomic E-state index is -4.86. The van der Waals surface area contributed by atoms with Gasteiger partial charge in [0.15, 0.2) is 11.6 Å². The molecule has 1 aliphatic heterocycles. The first-order valence-corrected chi connectivity index (χ1v) is 10.4. The number of likely N-dealkylation sites (tertiary alicyclic amines) is 1. The summed E-state index contributed by atoms with van der Waals surface area (Å²) in [6.45, 7) is 6.77. The maximum Gasteiger partial charge on any atom is 0.573 e. The zero-order valence-electron chi connectivity index (χ0n) is 17.1. The second-order valence-corrected chi connectivity index (χ2v) is 8.17. The van der Waals surface area contributed by atoms with Crippen LogP contribution in [-0.2, 0) is 0 Å². The molecule has 0 bridgehead atoms.